The van der Waals surface area contributed by atoms with Gasteiger partial charge in [-0.25, -0.2) is 9.18 Å². The molecule has 9 nitrogen and oxygen atoms in total. The molecule has 0 saturated carbocycles. The first-order chi connectivity index (χ1) is 13.8. The Morgan fingerprint density at radius 2 is 2.14 bits per heavy atom. The lowest BCUT2D eigenvalue weighted by Crippen LogP contribution is -2.31. The number of carbonyl (C=O) groups is 3. The van der Waals surface area contributed by atoms with Crippen molar-refractivity contribution in [1.82, 2.24) is 25.4 Å². The molecule has 1 aromatic heterocycles. The number of benzene rings is 1. The standard InChI is InChI=1S/C19H23FN6O3/c1-11(2)8-15-22-18(25-24-15)23-16(27)7-6-14-17(28)26(19(29)21-14)10-12-4-3-5-13(20)9-12/h3-5,9,11,14H,6-8,10H2,1-2H3,(H,21,29)(H2,22,23,24,25,27)/t14-/m0/s1. The van der Waals surface area contributed by atoms with E-state index in [0.29, 0.717) is 23.7 Å². The Balaban J connectivity index is 1.50. The second kappa shape index (κ2) is 8.80. The van der Waals surface area contributed by atoms with E-state index in [0.717, 1.165) is 4.90 Å². The summed E-state index contributed by atoms with van der Waals surface area (Å²) in [5.41, 5.74) is 0.508. The minimum Gasteiger partial charge on any atom is -0.326 e. The highest BCUT2D eigenvalue weighted by atomic mass is 19.1. The molecule has 3 rings (SSSR count). The largest absolute Gasteiger partial charge is 0.326 e. The van der Waals surface area contributed by atoms with Gasteiger partial charge in [-0.05, 0) is 30.0 Å². The van der Waals surface area contributed by atoms with Crippen molar-refractivity contribution in [3.05, 3.63) is 41.5 Å². The van der Waals surface area contributed by atoms with Crippen molar-refractivity contribution >= 4 is 23.8 Å². The van der Waals surface area contributed by atoms with Crippen LogP contribution in [0, 0.1) is 11.7 Å². The van der Waals surface area contributed by atoms with Crippen molar-refractivity contribution in [1.29, 1.82) is 0 Å². The molecule has 1 saturated heterocycles. The van der Waals surface area contributed by atoms with E-state index in [-0.39, 0.29) is 31.2 Å². The molecule has 0 unspecified atom stereocenters. The molecule has 3 N–H and O–H groups in total. The molecule has 1 aliphatic heterocycles. The average Bonchev–Trinajstić information content (AvgIpc) is 3.18. The quantitative estimate of drug-likeness (QED) is 0.583. The van der Waals surface area contributed by atoms with E-state index >= 15 is 0 Å². The maximum Gasteiger partial charge on any atom is 0.325 e. The summed E-state index contributed by atoms with van der Waals surface area (Å²) in [6.45, 7) is 4.07. The first kappa shape index (κ1) is 20.4. The first-order valence-corrected chi connectivity index (χ1v) is 9.39. The fourth-order valence-corrected chi connectivity index (χ4v) is 3.03. The molecular weight excluding hydrogens is 379 g/mol. The van der Waals surface area contributed by atoms with Gasteiger partial charge in [-0.1, -0.05) is 26.0 Å². The molecular formula is C19H23FN6O3. The lowest BCUT2D eigenvalue weighted by molar-refractivity contribution is -0.128. The van der Waals surface area contributed by atoms with Gasteiger partial charge in [0.1, 0.15) is 17.7 Å². The van der Waals surface area contributed by atoms with Gasteiger partial charge in [0.05, 0.1) is 6.54 Å². The summed E-state index contributed by atoms with van der Waals surface area (Å²) in [6, 6.07) is 4.35. The average molecular weight is 402 g/mol. The molecule has 1 aromatic carbocycles. The number of nitrogens with one attached hydrogen (secondary N) is 3. The minimum atomic E-state index is -0.801. The highest BCUT2D eigenvalue weighted by Crippen LogP contribution is 2.16. The summed E-state index contributed by atoms with van der Waals surface area (Å²) in [4.78, 5) is 41.9. The smallest absolute Gasteiger partial charge is 0.325 e. The van der Waals surface area contributed by atoms with Gasteiger partial charge in [0.25, 0.3) is 5.91 Å². The predicted octanol–water partition coefficient (Wildman–Crippen LogP) is 1.98. The molecule has 10 heteroatoms. The highest BCUT2D eigenvalue weighted by Gasteiger charge is 2.37. The van der Waals surface area contributed by atoms with E-state index in [1.807, 2.05) is 13.8 Å². The van der Waals surface area contributed by atoms with E-state index < -0.39 is 23.8 Å². The van der Waals surface area contributed by atoms with Gasteiger partial charge in [-0.2, -0.15) is 4.98 Å². The Bertz CT molecular complexity index is 913. The number of urea groups is 1. The summed E-state index contributed by atoms with van der Waals surface area (Å²) >= 11 is 0. The normalized spacial score (nSPS) is 16.4. The number of carbonyl (C=O) groups excluding carboxylic acids is 3. The van der Waals surface area contributed by atoms with Crippen LogP contribution in [0.4, 0.5) is 15.1 Å². The summed E-state index contributed by atoms with van der Waals surface area (Å²) in [7, 11) is 0. The zero-order valence-corrected chi connectivity index (χ0v) is 16.2. The second-order valence-corrected chi connectivity index (χ2v) is 7.35. The Hall–Kier alpha value is -3.30. The van der Waals surface area contributed by atoms with Crippen LogP contribution in [0.2, 0.25) is 0 Å². The lowest BCUT2D eigenvalue weighted by Gasteiger charge is -2.13. The molecule has 29 heavy (non-hydrogen) atoms. The Morgan fingerprint density at radius 1 is 1.34 bits per heavy atom. The van der Waals surface area contributed by atoms with Gasteiger partial charge >= 0.3 is 6.03 Å². The first-order valence-electron chi connectivity index (χ1n) is 9.39. The number of hydrogen-bond donors (Lipinski definition) is 3. The molecule has 2 aromatic rings. The third-order valence-corrected chi connectivity index (χ3v) is 4.38. The third-order valence-electron chi connectivity index (χ3n) is 4.38. The Kier molecular flexibility index (Phi) is 6.20. The number of H-pyrrole nitrogens is 1. The van der Waals surface area contributed by atoms with Crippen molar-refractivity contribution < 1.29 is 18.8 Å². The van der Waals surface area contributed by atoms with Crippen LogP contribution in [0.3, 0.4) is 0 Å². The number of aromatic nitrogens is 3. The summed E-state index contributed by atoms with van der Waals surface area (Å²) in [5, 5.41) is 11.8. The van der Waals surface area contributed by atoms with Crippen LogP contribution in [-0.4, -0.2) is 44.0 Å². The predicted molar refractivity (Wildman–Crippen MR) is 102 cm³/mol. The van der Waals surface area contributed by atoms with Crippen molar-refractivity contribution in [2.24, 2.45) is 5.92 Å². The number of nitrogens with zero attached hydrogens (tertiary/aromatic N) is 3. The molecule has 4 amide bonds. The molecule has 1 atom stereocenters. The number of rotatable bonds is 8. The van der Waals surface area contributed by atoms with Crippen LogP contribution in [-0.2, 0) is 22.6 Å². The summed E-state index contributed by atoms with van der Waals surface area (Å²) in [6.07, 6.45) is 0.866. The van der Waals surface area contributed by atoms with Crippen molar-refractivity contribution in [3.8, 4) is 0 Å². The maximum absolute atomic E-state index is 13.3. The van der Waals surface area contributed by atoms with Crippen molar-refractivity contribution in [2.75, 3.05) is 5.32 Å². The molecule has 0 aliphatic carbocycles. The molecule has 2 heterocycles. The molecule has 1 aliphatic rings. The van der Waals surface area contributed by atoms with Crippen LogP contribution in [0.25, 0.3) is 0 Å². The van der Waals surface area contributed by atoms with E-state index in [1.165, 1.54) is 18.2 Å². The van der Waals surface area contributed by atoms with Crippen LogP contribution in [0.5, 0.6) is 0 Å². The number of halogens is 1. The van der Waals surface area contributed by atoms with Gasteiger partial charge < -0.3 is 5.32 Å². The number of hydrogen-bond acceptors (Lipinski definition) is 5. The van der Waals surface area contributed by atoms with Gasteiger partial charge in [0.2, 0.25) is 11.9 Å². The fraction of sp³-hybridized carbons (Fsp3) is 0.421. The molecule has 154 valence electrons. The summed E-state index contributed by atoms with van der Waals surface area (Å²) in [5.74, 6) is 0.0294. The van der Waals surface area contributed by atoms with Crippen LogP contribution in [0.15, 0.2) is 24.3 Å². The van der Waals surface area contributed by atoms with Gasteiger partial charge in [-0.3, -0.25) is 24.9 Å². The monoisotopic (exact) mass is 402 g/mol. The number of amides is 4. The number of anilines is 1. The van der Waals surface area contributed by atoms with Crippen molar-refractivity contribution in [3.63, 3.8) is 0 Å². The second-order valence-electron chi connectivity index (χ2n) is 7.35. The fourth-order valence-electron chi connectivity index (χ4n) is 3.03. The summed E-state index contributed by atoms with van der Waals surface area (Å²) < 4.78 is 13.3. The van der Waals surface area contributed by atoms with E-state index in [9.17, 15) is 18.8 Å². The van der Waals surface area contributed by atoms with Crippen LogP contribution in [0.1, 0.15) is 38.1 Å². The SMILES string of the molecule is CC(C)Cc1nc(NC(=O)CC[C@@H]2NC(=O)N(Cc3cccc(F)c3)C2=O)n[nH]1. The number of aromatic amines is 1. The van der Waals surface area contributed by atoms with Crippen molar-refractivity contribution in [2.45, 2.75) is 45.7 Å². The zero-order chi connectivity index (χ0) is 21.0. The molecule has 0 spiro atoms. The van der Waals surface area contributed by atoms with E-state index in [1.54, 1.807) is 6.07 Å². The topological polar surface area (TPSA) is 120 Å². The highest BCUT2D eigenvalue weighted by molar-refractivity contribution is 6.04. The lowest BCUT2D eigenvalue weighted by atomic mass is 10.1. The van der Waals surface area contributed by atoms with Crippen LogP contribution < -0.4 is 10.6 Å². The maximum atomic E-state index is 13.3. The van der Waals surface area contributed by atoms with Gasteiger partial charge in [-0.15, -0.1) is 5.10 Å². The third kappa shape index (κ3) is 5.37. The Morgan fingerprint density at radius 3 is 2.86 bits per heavy atom. The Labute approximate surface area is 167 Å². The molecule has 1 fully saturated rings. The van der Waals surface area contributed by atoms with Crippen LogP contribution >= 0.6 is 0 Å². The van der Waals surface area contributed by atoms with E-state index in [4.69, 9.17) is 0 Å². The minimum absolute atomic E-state index is 0.0124. The molecule has 0 radical (unpaired) electrons. The zero-order valence-electron chi connectivity index (χ0n) is 16.2. The number of imide groups is 1. The molecule has 0 bridgehead atoms. The van der Waals surface area contributed by atoms with E-state index in [2.05, 4.69) is 25.8 Å². The van der Waals surface area contributed by atoms with Gasteiger partial charge in [0, 0.05) is 12.8 Å². The van der Waals surface area contributed by atoms with Gasteiger partial charge in [0.15, 0.2) is 0 Å².